The Bertz CT molecular complexity index is 802. The fourth-order valence-corrected chi connectivity index (χ4v) is 4.44. The molecule has 1 N–H and O–H groups in total. The molecule has 1 saturated heterocycles. The van der Waals surface area contributed by atoms with Crippen LogP contribution < -0.4 is 5.32 Å². The second-order valence-corrected chi connectivity index (χ2v) is 7.11. The number of aromatic nitrogens is 2. The first-order chi connectivity index (χ1) is 10.9. The maximum absolute atomic E-state index is 14.0. The van der Waals surface area contributed by atoms with Gasteiger partial charge in [-0.25, -0.2) is 22.2 Å². The van der Waals surface area contributed by atoms with Crippen molar-refractivity contribution in [3.63, 3.8) is 0 Å². The summed E-state index contributed by atoms with van der Waals surface area (Å²) < 4.78 is 56.4. The molecule has 0 saturated carbocycles. The first-order valence-corrected chi connectivity index (χ1v) is 8.50. The zero-order chi connectivity index (χ0) is 16.6. The second-order valence-electron chi connectivity index (χ2n) is 5.28. The Morgan fingerprint density at radius 1 is 1.30 bits per heavy atom. The third-order valence-electron chi connectivity index (χ3n) is 3.84. The molecule has 1 fully saturated rings. The summed E-state index contributed by atoms with van der Waals surface area (Å²) in [4.78, 5) is 3.26. The van der Waals surface area contributed by atoms with E-state index in [9.17, 15) is 17.2 Å². The molecular formula is C14H16F2N4O2S. The molecule has 0 spiro atoms. The smallest absolute Gasteiger partial charge is 0.249 e. The van der Waals surface area contributed by atoms with Crippen molar-refractivity contribution in [1.29, 1.82) is 0 Å². The van der Waals surface area contributed by atoms with Gasteiger partial charge < -0.3 is 9.88 Å². The molecule has 124 valence electrons. The third kappa shape index (κ3) is 2.75. The molecule has 1 aromatic carbocycles. The summed E-state index contributed by atoms with van der Waals surface area (Å²) in [5.74, 6) is -1.68. The number of hydrogen-bond donors (Lipinski definition) is 1. The van der Waals surface area contributed by atoms with Gasteiger partial charge in [0.25, 0.3) is 0 Å². The van der Waals surface area contributed by atoms with E-state index >= 15 is 0 Å². The van der Waals surface area contributed by atoms with Gasteiger partial charge in [-0.3, -0.25) is 0 Å². The lowest BCUT2D eigenvalue weighted by molar-refractivity contribution is 0.256. The lowest BCUT2D eigenvalue weighted by atomic mass is 10.2. The summed E-state index contributed by atoms with van der Waals surface area (Å²) in [6.45, 7) is 0.823. The first-order valence-electron chi connectivity index (χ1n) is 7.06. The normalized spacial score (nSPS) is 19.9. The van der Waals surface area contributed by atoms with Crippen LogP contribution in [0, 0.1) is 11.6 Å². The number of imidazole rings is 1. The average Bonchev–Trinajstić information content (AvgIpc) is 2.93. The van der Waals surface area contributed by atoms with E-state index in [1.54, 1.807) is 24.0 Å². The number of benzene rings is 1. The van der Waals surface area contributed by atoms with Gasteiger partial charge in [0, 0.05) is 39.1 Å². The quantitative estimate of drug-likeness (QED) is 0.905. The molecule has 9 heteroatoms. The van der Waals surface area contributed by atoms with E-state index in [4.69, 9.17) is 0 Å². The van der Waals surface area contributed by atoms with Crippen LogP contribution in [0.4, 0.5) is 8.78 Å². The van der Waals surface area contributed by atoms with Crippen LogP contribution in [-0.2, 0) is 17.1 Å². The number of piperazine rings is 1. The molecule has 2 heterocycles. The van der Waals surface area contributed by atoms with Gasteiger partial charge in [-0.2, -0.15) is 4.31 Å². The monoisotopic (exact) mass is 342 g/mol. The number of aryl methyl sites for hydroxylation is 1. The predicted molar refractivity (Wildman–Crippen MR) is 79.1 cm³/mol. The molecular weight excluding hydrogens is 326 g/mol. The molecule has 0 amide bonds. The molecule has 3 rings (SSSR count). The molecule has 0 aliphatic carbocycles. The van der Waals surface area contributed by atoms with Crippen molar-refractivity contribution >= 4 is 10.0 Å². The van der Waals surface area contributed by atoms with Crippen molar-refractivity contribution < 1.29 is 17.2 Å². The number of nitrogens with one attached hydrogen (secondary N) is 1. The molecule has 1 aliphatic rings. The molecule has 6 nitrogen and oxygen atoms in total. The standard InChI is InChI=1S/C14H16F2N4O2S/c1-19-7-6-18-14(19)12-9-17-5-8-20(12)23(21,22)13-10(15)3-2-4-11(13)16/h2-4,6-7,12,17H,5,8-9H2,1H3. The summed E-state index contributed by atoms with van der Waals surface area (Å²) >= 11 is 0. The van der Waals surface area contributed by atoms with Gasteiger partial charge >= 0.3 is 0 Å². The maximum atomic E-state index is 14.0. The van der Waals surface area contributed by atoms with E-state index in [-0.39, 0.29) is 6.54 Å². The lowest BCUT2D eigenvalue weighted by Gasteiger charge is -2.34. The van der Waals surface area contributed by atoms with E-state index in [2.05, 4.69) is 10.3 Å². The van der Waals surface area contributed by atoms with Gasteiger partial charge in [-0.1, -0.05) is 6.07 Å². The van der Waals surface area contributed by atoms with Crippen molar-refractivity contribution in [3.05, 3.63) is 48.1 Å². The van der Waals surface area contributed by atoms with E-state index in [1.807, 2.05) is 0 Å². The number of rotatable bonds is 3. The Labute approximate surface area is 132 Å². The van der Waals surface area contributed by atoms with Crippen molar-refractivity contribution in [1.82, 2.24) is 19.2 Å². The molecule has 0 radical (unpaired) electrons. The van der Waals surface area contributed by atoms with Crippen LogP contribution in [-0.4, -0.2) is 41.9 Å². The lowest BCUT2D eigenvalue weighted by Crippen LogP contribution is -2.49. The van der Waals surface area contributed by atoms with Gasteiger partial charge in [0.1, 0.15) is 17.5 Å². The highest BCUT2D eigenvalue weighted by molar-refractivity contribution is 7.89. The van der Waals surface area contributed by atoms with E-state index in [0.29, 0.717) is 18.9 Å². The highest BCUT2D eigenvalue weighted by Crippen LogP contribution is 2.30. The fourth-order valence-electron chi connectivity index (χ4n) is 2.74. The van der Waals surface area contributed by atoms with Crippen LogP contribution in [0.1, 0.15) is 11.9 Å². The third-order valence-corrected chi connectivity index (χ3v) is 5.80. The molecule has 1 aliphatic heterocycles. The maximum Gasteiger partial charge on any atom is 0.249 e. The summed E-state index contributed by atoms with van der Waals surface area (Å²) in [7, 11) is -2.58. The Morgan fingerprint density at radius 3 is 2.61 bits per heavy atom. The van der Waals surface area contributed by atoms with Crippen molar-refractivity contribution in [2.75, 3.05) is 19.6 Å². The Balaban J connectivity index is 2.08. The molecule has 1 atom stereocenters. The topological polar surface area (TPSA) is 67.2 Å². The summed E-state index contributed by atoms with van der Waals surface area (Å²) in [6.07, 6.45) is 3.25. The summed E-state index contributed by atoms with van der Waals surface area (Å²) in [5, 5.41) is 3.09. The Hall–Kier alpha value is -1.84. The van der Waals surface area contributed by atoms with Gasteiger partial charge in [0.05, 0.1) is 6.04 Å². The molecule has 0 bridgehead atoms. The molecule has 2 aromatic rings. The van der Waals surface area contributed by atoms with Crippen molar-refractivity contribution in [2.24, 2.45) is 7.05 Å². The average molecular weight is 342 g/mol. The summed E-state index contributed by atoms with van der Waals surface area (Å²) in [6, 6.07) is 2.38. The fraction of sp³-hybridized carbons (Fsp3) is 0.357. The van der Waals surface area contributed by atoms with Crippen molar-refractivity contribution in [2.45, 2.75) is 10.9 Å². The minimum absolute atomic E-state index is 0.105. The predicted octanol–water partition coefficient (Wildman–Crippen LogP) is 1.03. The van der Waals surface area contributed by atoms with E-state index < -0.39 is 32.6 Å². The zero-order valence-electron chi connectivity index (χ0n) is 12.4. The molecule has 23 heavy (non-hydrogen) atoms. The number of hydrogen-bond acceptors (Lipinski definition) is 4. The number of halogens is 2. The van der Waals surface area contributed by atoms with Crippen LogP contribution in [0.15, 0.2) is 35.5 Å². The number of nitrogens with zero attached hydrogens (tertiary/aromatic N) is 3. The van der Waals surface area contributed by atoms with E-state index in [1.165, 1.54) is 0 Å². The first kappa shape index (κ1) is 16.0. The van der Waals surface area contributed by atoms with Gasteiger partial charge in [0.15, 0.2) is 4.90 Å². The Morgan fingerprint density at radius 2 is 2.00 bits per heavy atom. The zero-order valence-corrected chi connectivity index (χ0v) is 13.2. The van der Waals surface area contributed by atoms with Crippen LogP contribution in [0.2, 0.25) is 0 Å². The van der Waals surface area contributed by atoms with Crippen LogP contribution >= 0.6 is 0 Å². The van der Waals surface area contributed by atoms with Gasteiger partial charge in [-0.05, 0) is 12.1 Å². The Kier molecular flexibility index (Phi) is 4.17. The SMILES string of the molecule is Cn1ccnc1C1CNCCN1S(=O)(=O)c1c(F)cccc1F. The van der Waals surface area contributed by atoms with Gasteiger partial charge in [-0.15, -0.1) is 0 Å². The van der Waals surface area contributed by atoms with Crippen LogP contribution in [0.5, 0.6) is 0 Å². The van der Waals surface area contributed by atoms with Gasteiger partial charge in [0.2, 0.25) is 10.0 Å². The highest BCUT2D eigenvalue weighted by atomic mass is 32.2. The van der Waals surface area contributed by atoms with Crippen LogP contribution in [0.3, 0.4) is 0 Å². The molecule has 1 aromatic heterocycles. The largest absolute Gasteiger partial charge is 0.337 e. The highest BCUT2D eigenvalue weighted by Gasteiger charge is 2.39. The minimum atomic E-state index is -4.33. The number of sulfonamides is 1. The van der Waals surface area contributed by atoms with Crippen molar-refractivity contribution in [3.8, 4) is 0 Å². The summed E-state index contributed by atoms with van der Waals surface area (Å²) in [5.41, 5.74) is 0. The second kappa shape index (κ2) is 5.99. The molecule has 1 unspecified atom stereocenters. The minimum Gasteiger partial charge on any atom is -0.337 e. The van der Waals surface area contributed by atoms with Crippen LogP contribution in [0.25, 0.3) is 0 Å². The van der Waals surface area contributed by atoms with E-state index in [0.717, 1.165) is 22.5 Å².